The number of para-hydroxylation sites is 2. The summed E-state index contributed by atoms with van der Waals surface area (Å²) in [6.07, 6.45) is 7.66. The summed E-state index contributed by atoms with van der Waals surface area (Å²) in [7, 11) is 1.74. The van der Waals surface area contributed by atoms with Gasteiger partial charge in [-0.25, -0.2) is 0 Å². The minimum Gasteiger partial charge on any atom is -0.495 e. The van der Waals surface area contributed by atoms with Crippen molar-refractivity contribution in [2.75, 3.05) is 51.3 Å². The zero-order valence-electron chi connectivity index (χ0n) is 16.4. The van der Waals surface area contributed by atoms with E-state index < -0.39 is 0 Å². The van der Waals surface area contributed by atoms with Crippen LogP contribution in [0.2, 0.25) is 0 Å². The van der Waals surface area contributed by atoms with E-state index in [1.165, 1.54) is 12.1 Å². The monoisotopic (exact) mass is 369 g/mol. The summed E-state index contributed by atoms with van der Waals surface area (Å²) in [5.74, 6) is 1.25. The predicted octanol–water partition coefficient (Wildman–Crippen LogP) is 2.92. The van der Waals surface area contributed by atoms with Crippen molar-refractivity contribution in [3.8, 4) is 5.75 Å². The number of anilines is 1. The van der Waals surface area contributed by atoms with Crippen LogP contribution in [0, 0.1) is 0 Å². The van der Waals surface area contributed by atoms with Crippen molar-refractivity contribution in [3.05, 3.63) is 35.9 Å². The number of hydrogen-bond donors (Lipinski definition) is 0. The number of allylic oxidation sites excluding steroid dienone is 1. The summed E-state index contributed by atoms with van der Waals surface area (Å²) >= 11 is 0. The quantitative estimate of drug-likeness (QED) is 0.818. The highest BCUT2D eigenvalue weighted by Crippen LogP contribution is 2.29. The zero-order chi connectivity index (χ0) is 18.6. The first-order valence-corrected chi connectivity index (χ1v) is 10.4. The van der Waals surface area contributed by atoms with Crippen LogP contribution in [-0.2, 0) is 4.79 Å². The molecule has 1 aliphatic carbocycles. The number of rotatable bonds is 4. The number of piperidine rings is 1. The molecule has 27 heavy (non-hydrogen) atoms. The zero-order valence-corrected chi connectivity index (χ0v) is 16.4. The molecular weight excluding hydrogens is 338 g/mol. The Morgan fingerprint density at radius 3 is 2.63 bits per heavy atom. The van der Waals surface area contributed by atoms with E-state index in [0.29, 0.717) is 11.9 Å². The van der Waals surface area contributed by atoms with E-state index in [1.807, 2.05) is 12.1 Å². The summed E-state index contributed by atoms with van der Waals surface area (Å²) < 4.78 is 5.53. The van der Waals surface area contributed by atoms with Crippen LogP contribution in [0.4, 0.5) is 5.69 Å². The van der Waals surface area contributed by atoms with Crippen molar-refractivity contribution in [3.63, 3.8) is 0 Å². The van der Waals surface area contributed by atoms with E-state index >= 15 is 0 Å². The van der Waals surface area contributed by atoms with E-state index in [1.54, 1.807) is 7.11 Å². The molecule has 1 amide bonds. The summed E-state index contributed by atoms with van der Waals surface area (Å²) in [6, 6.07) is 8.78. The lowest BCUT2D eigenvalue weighted by Gasteiger charge is -2.44. The fraction of sp³-hybridized carbons (Fsp3) is 0.591. The van der Waals surface area contributed by atoms with Crippen LogP contribution in [0.25, 0.3) is 0 Å². The topological polar surface area (TPSA) is 36.0 Å². The van der Waals surface area contributed by atoms with Crippen LogP contribution in [0.15, 0.2) is 35.9 Å². The van der Waals surface area contributed by atoms with Gasteiger partial charge in [0.1, 0.15) is 5.75 Å². The Bertz CT molecular complexity index is 695. The predicted molar refractivity (Wildman–Crippen MR) is 108 cm³/mol. The average molecular weight is 370 g/mol. The minimum atomic E-state index is 0.296. The maximum absolute atomic E-state index is 12.8. The number of amides is 1. The summed E-state index contributed by atoms with van der Waals surface area (Å²) in [5, 5.41) is 0. The van der Waals surface area contributed by atoms with Gasteiger partial charge in [-0.1, -0.05) is 18.2 Å². The summed E-state index contributed by atoms with van der Waals surface area (Å²) in [6.45, 7) is 5.94. The second kappa shape index (κ2) is 8.34. The minimum absolute atomic E-state index is 0.296. The molecule has 3 aliphatic rings. The van der Waals surface area contributed by atoms with Crippen molar-refractivity contribution >= 4 is 11.6 Å². The molecule has 5 heteroatoms. The van der Waals surface area contributed by atoms with E-state index in [0.717, 1.165) is 76.3 Å². The molecule has 2 aliphatic heterocycles. The van der Waals surface area contributed by atoms with Gasteiger partial charge < -0.3 is 14.5 Å². The Labute approximate surface area is 162 Å². The highest BCUT2D eigenvalue weighted by atomic mass is 16.5. The van der Waals surface area contributed by atoms with Crippen molar-refractivity contribution in [1.82, 2.24) is 9.80 Å². The molecule has 5 nitrogen and oxygen atoms in total. The molecule has 146 valence electrons. The maximum atomic E-state index is 12.8. The number of piperazine rings is 1. The molecule has 1 aromatic rings. The molecule has 0 saturated carbocycles. The van der Waals surface area contributed by atoms with Gasteiger partial charge in [-0.05, 0) is 44.2 Å². The summed E-state index contributed by atoms with van der Waals surface area (Å²) in [4.78, 5) is 19.9. The first kappa shape index (κ1) is 18.4. The highest BCUT2D eigenvalue weighted by molar-refractivity contribution is 5.93. The number of carbonyl (C=O) groups excluding carboxylic acids is 1. The van der Waals surface area contributed by atoms with Crippen LogP contribution >= 0.6 is 0 Å². The van der Waals surface area contributed by atoms with Gasteiger partial charge in [0.15, 0.2) is 0 Å². The molecule has 0 spiro atoms. The normalized spacial score (nSPS) is 24.0. The van der Waals surface area contributed by atoms with Gasteiger partial charge in [-0.2, -0.15) is 0 Å². The van der Waals surface area contributed by atoms with E-state index in [-0.39, 0.29) is 0 Å². The lowest BCUT2D eigenvalue weighted by atomic mass is 10.0. The SMILES string of the molecule is COc1ccccc1N1CCN([C@H]2CCCN(C(=O)C3=CCCC3)C2)CC1. The van der Waals surface area contributed by atoms with Crippen molar-refractivity contribution in [1.29, 1.82) is 0 Å². The van der Waals surface area contributed by atoms with Crippen LogP contribution < -0.4 is 9.64 Å². The van der Waals surface area contributed by atoms with Crippen molar-refractivity contribution < 1.29 is 9.53 Å². The molecule has 0 unspecified atom stereocenters. The number of hydrogen-bond acceptors (Lipinski definition) is 4. The molecule has 1 aromatic carbocycles. The smallest absolute Gasteiger partial charge is 0.249 e. The second-order valence-electron chi connectivity index (χ2n) is 7.86. The Hall–Kier alpha value is -2.01. The number of likely N-dealkylation sites (tertiary alicyclic amines) is 1. The summed E-state index contributed by atoms with van der Waals surface area (Å²) in [5.41, 5.74) is 2.24. The standard InChI is InChI=1S/C22H31N3O2/c1-27-21-11-5-4-10-20(21)24-15-13-23(14-16-24)19-9-6-12-25(17-19)22(26)18-7-2-3-8-18/h4-5,7,10-11,19H,2-3,6,8-9,12-17H2,1H3/t19-/m0/s1. The third kappa shape index (κ3) is 3.98. The van der Waals surface area contributed by atoms with Crippen molar-refractivity contribution in [2.24, 2.45) is 0 Å². The molecule has 1 atom stereocenters. The average Bonchev–Trinajstić information content (AvgIpc) is 3.28. The molecule has 0 radical (unpaired) electrons. The second-order valence-corrected chi connectivity index (χ2v) is 7.86. The first-order valence-electron chi connectivity index (χ1n) is 10.4. The molecule has 0 aromatic heterocycles. The van der Waals surface area contributed by atoms with Gasteiger partial charge >= 0.3 is 0 Å². The molecule has 4 rings (SSSR count). The van der Waals surface area contributed by atoms with Gasteiger partial charge in [0.2, 0.25) is 5.91 Å². The Morgan fingerprint density at radius 2 is 1.89 bits per heavy atom. The molecule has 2 heterocycles. The first-order chi connectivity index (χ1) is 13.3. The fourth-order valence-corrected chi connectivity index (χ4v) is 4.72. The molecule has 0 N–H and O–H groups in total. The fourth-order valence-electron chi connectivity index (χ4n) is 4.72. The van der Waals surface area contributed by atoms with Crippen LogP contribution in [0.1, 0.15) is 32.1 Å². The lowest BCUT2D eigenvalue weighted by molar-refractivity contribution is -0.129. The third-order valence-corrected chi connectivity index (χ3v) is 6.26. The lowest BCUT2D eigenvalue weighted by Crippen LogP contribution is -2.56. The van der Waals surface area contributed by atoms with E-state index in [2.05, 4.69) is 32.9 Å². The van der Waals surface area contributed by atoms with Crippen LogP contribution in [0.5, 0.6) is 5.75 Å². The Morgan fingerprint density at radius 1 is 1.07 bits per heavy atom. The number of methoxy groups -OCH3 is 1. The third-order valence-electron chi connectivity index (χ3n) is 6.26. The molecular formula is C22H31N3O2. The van der Waals surface area contributed by atoms with Crippen LogP contribution in [0.3, 0.4) is 0 Å². The van der Waals surface area contributed by atoms with Gasteiger partial charge in [-0.15, -0.1) is 0 Å². The van der Waals surface area contributed by atoms with Gasteiger partial charge in [-0.3, -0.25) is 9.69 Å². The van der Waals surface area contributed by atoms with Gasteiger partial charge in [0, 0.05) is 50.9 Å². The van der Waals surface area contributed by atoms with Crippen molar-refractivity contribution in [2.45, 2.75) is 38.1 Å². The van der Waals surface area contributed by atoms with E-state index in [9.17, 15) is 4.79 Å². The molecule has 2 saturated heterocycles. The number of benzene rings is 1. The number of ether oxygens (including phenoxy) is 1. The van der Waals surface area contributed by atoms with Crippen LogP contribution in [-0.4, -0.2) is 68.1 Å². The number of nitrogens with zero attached hydrogens (tertiary/aromatic N) is 3. The Kier molecular flexibility index (Phi) is 5.67. The van der Waals surface area contributed by atoms with Gasteiger partial charge in [0.05, 0.1) is 12.8 Å². The Balaban J connectivity index is 1.34. The van der Waals surface area contributed by atoms with Gasteiger partial charge in [0.25, 0.3) is 0 Å². The highest BCUT2D eigenvalue weighted by Gasteiger charge is 2.31. The maximum Gasteiger partial charge on any atom is 0.249 e. The number of carbonyl (C=O) groups is 1. The molecule has 0 bridgehead atoms. The largest absolute Gasteiger partial charge is 0.495 e. The van der Waals surface area contributed by atoms with E-state index in [4.69, 9.17) is 4.74 Å². The molecule has 2 fully saturated rings.